The highest BCUT2D eigenvalue weighted by molar-refractivity contribution is 5.91. The number of amides is 4. The lowest BCUT2D eigenvalue weighted by Crippen LogP contribution is -2.37. The van der Waals surface area contributed by atoms with Gasteiger partial charge < -0.3 is 36.7 Å². The van der Waals surface area contributed by atoms with E-state index in [4.69, 9.17) is 30.8 Å². The predicted octanol–water partition coefficient (Wildman–Crippen LogP) is 1.07. The van der Waals surface area contributed by atoms with Crippen molar-refractivity contribution < 1.29 is 60.5 Å². The van der Waals surface area contributed by atoms with Crippen LogP contribution in [0.4, 0.5) is 42.9 Å². The van der Waals surface area contributed by atoms with Crippen molar-refractivity contribution in [2.45, 2.75) is 18.4 Å². The molecule has 2 heterocycles. The van der Waals surface area contributed by atoms with Crippen LogP contribution in [0.3, 0.4) is 0 Å². The lowest BCUT2D eigenvalue weighted by Gasteiger charge is -2.16. The number of carbonyl (C=O) groups is 5. The largest absolute Gasteiger partial charge is 0.490 e. The molecular formula is C26H27F5N6O8. The van der Waals surface area contributed by atoms with Gasteiger partial charge in [-0.05, 0) is 36.4 Å². The van der Waals surface area contributed by atoms with E-state index in [1.165, 1.54) is 34.1 Å². The first-order valence-electron chi connectivity index (χ1n) is 12.9. The molecule has 0 saturated carbocycles. The van der Waals surface area contributed by atoms with Gasteiger partial charge in [-0.3, -0.25) is 19.4 Å². The molecule has 2 aliphatic heterocycles. The minimum absolute atomic E-state index is 0.0523. The summed E-state index contributed by atoms with van der Waals surface area (Å²) in [6.45, 7) is -0.130. The second kappa shape index (κ2) is 14.6. The molecule has 2 saturated heterocycles. The zero-order valence-electron chi connectivity index (χ0n) is 23.1. The Labute approximate surface area is 251 Å². The molecule has 0 aromatic heterocycles. The average molecular weight is 647 g/mol. The fourth-order valence-electron chi connectivity index (χ4n) is 4.06. The second-order valence-electron chi connectivity index (χ2n) is 9.38. The third kappa shape index (κ3) is 8.99. The number of nitrogens with zero attached hydrogens (tertiary/aromatic N) is 2. The number of carboxylic acids is 1. The van der Waals surface area contributed by atoms with Crippen molar-refractivity contribution in [3.63, 3.8) is 0 Å². The molecule has 2 aromatic rings. The van der Waals surface area contributed by atoms with Crippen LogP contribution in [0.25, 0.3) is 11.1 Å². The van der Waals surface area contributed by atoms with Crippen molar-refractivity contribution in [1.29, 1.82) is 0 Å². The Morgan fingerprint density at radius 1 is 0.800 bits per heavy atom. The van der Waals surface area contributed by atoms with Gasteiger partial charge in [-0.1, -0.05) is 0 Å². The molecule has 0 bridgehead atoms. The summed E-state index contributed by atoms with van der Waals surface area (Å²) < 4.78 is 72.2. The van der Waals surface area contributed by atoms with Crippen LogP contribution in [-0.4, -0.2) is 92.7 Å². The summed E-state index contributed by atoms with van der Waals surface area (Å²) in [5.41, 5.74) is 10.8. The Bertz CT molecular complexity index is 1360. The molecule has 0 aliphatic carbocycles. The maximum absolute atomic E-state index is 15.0. The standard InChI is InChI=1S/C24H26F2N6O6.C2HF3O2/c25-19-5-13(31-11-15(37-23(31)35)9-29-21(33)7-27)1-3-17(19)18-4-2-14(6-20(18)26)32-12-16(38-24(32)36)10-30-22(34)8-28;3-2(4,5)1(6)7/h1-6,15-16H,7-12,27-28H2,(H,29,33)(H,30,34);(H,6,7)/t15-,16-;/m0./s1. The quantitative estimate of drug-likeness (QED) is 0.245. The number of hydrogen-bond donors (Lipinski definition) is 5. The SMILES string of the molecule is NCC(=O)NC[C@H]1CN(c2ccc(-c3ccc(N4C[C@H](CNC(=O)CN)OC4=O)cc3F)c(F)c2)C(=O)O1.O=C(O)C(F)(F)F. The molecule has 19 heteroatoms. The van der Waals surface area contributed by atoms with E-state index in [-0.39, 0.29) is 61.8 Å². The van der Waals surface area contributed by atoms with E-state index in [1.54, 1.807) is 0 Å². The van der Waals surface area contributed by atoms with Crippen LogP contribution in [0.1, 0.15) is 0 Å². The zero-order valence-corrected chi connectivity index (χ0v) is 23.1. The Balaban J connectivity index is 0.000000707. The summed E-state index contributed by atoms with van der Waals surface area (Å²) in [5.74, 6) is -5.12. The van der Waals surface area contributed by atoms with Gasteiger partial charge in [0.2, 0.25) is 11.8 Å². The van der Waals surface area contributed by atoms with Crippen LogP contribution in [0.15, 0.2) is 36.4 Å². The van der Waals surface area contributed by atoms with Gasteiger partial charge in [-0.25, -0.2) is 23.2 Å². The van der Waals surface area contributed by atoms with E-state index in [2.05, 4.69) is 10.6 Å². The van der Waals surface area contributed by atoms with Gasteiger partial charge in [-0.2, -0.15) is 13.2 Å². The highest BCUT2D eigenvalue weighted by Crippen LogP contribution is 2.33. The number of carboxylic acid groups (broad SMARTS) is 1. The highest BCUT2D eigenvalue weighted by atomic mass is 19.4. The van der Waals surface area contributed by atoms with Crippen molar-refractivity contribution in [1.82, 2.24) is 10.6 Å². The molecule has 2 atom stereocenters. The number of cyclic esters (lactones) is 2. The number of ether oxygens (including phenoxy) is 2. The number of anilines is 2. The van der Waals surface area contributed by atoms with Crippen LogP contribution in [0.2, 0.25) is 0 Å². The first kappa shape index (κ1) is 34.5. The first-order valence-corrected chi connectivity index (χ1v) is 12.9. The topological polar surface area (TPSA) is 207 Å². The second-order valence-corrected chi connectivity index (χ2v) is 9.38. The number of benzene rings is 2. The summed E-state index contributed by atoms with van der Waals surface area (Å²) in [6, 6.07) is 7.74. The Morgan fingerprint density at radius 2 is 1.16 bits per heavy atom. The number of alkyl halides is 3. The average Bonchev–Trinajstić information content (AvgIpc) is 3.55. The number of nitrogens with two attached hydrogens (primary N) is 2. The van der Waals surface area contributed by atoms with Gasteiger partial charge in [0.1, 0.15) is 23.8 Å². The molecule has 2 aliphatic rings. The monoisotopic (exact) mass is 646 g/mol. The molecule has 45 heavy (non-hydrogen) atoms. The van der Waals surface area contributed by atoms with Gasteiger partial charge in [0.15, 0.2) is 0 Å². The molecule has 2 fully saturated rings. The van der Waals surface area contributed by atoms with E-state index in [0.29, 0.717) is 0 Å². The summed E-state index contributed by atoms with van der Waals surface area (Å²) in [5, 5.41) is 12.2. The van der Waals surface area contributed by atoms with E-state index in [1.807, 2.05) is 0 Å². The molecule has 0 spiro atoms. The van der Waals surface area contributed by atoms with Gasteiger partial charge in [0.05, 0.1) is 50.6 Å². The third-order valence-electron chi connectivity index (χ3n) is 6.23. The lowest BCUT2D eigenvalue weighted by atomic mass is 10.0. The minimum atomic E-state index is -5.08. The Hall–Kier alpha value is -5.04. The van der Waals surface area contributed by atoms with Gasteiger partial charge in [0.25, 0.3) is 0 Å². The smallest absolute Gasteiger partial charge is 0.475 e. The zero-order chi connectivity index (χ0) is 33.5. The molecular weight excluding hydrogens is 619 g/mol. The van der Waals surface area contributed by atoms with Crippen LogP contribution in [-0.2, 0) is 23.9 Å². The summed E-state index contributed by atoms with van der Waals surface area (Å²) in [4.78, 5) is 58.4. The maximum Gasteiger partial charge on any atom is 0.490 e. The fourth-order valence-corrected chi connectivity index (χ4v) is 4.06. The number of rotatable bonds is 9. The van der Waals surface area contributed by atoms with Crippen molar-refractivity contribution >= 4 is 41.3 Å². The summed E-state index contributed by atoms with van der Waals surface area (Å²) in [7, 11) is 0. The minimum Gasteiger partial charge on any atom is -0.475 e. The predicted molar refractivity (Wildman–Crippen MR) is 145 cm³/mol. The lowest BCUT2D eigenvalue weighted by molar-refractivity contribution is -0.192. The van der Waals surface area contributed by atoms with Gasteiger partial charge >= 0.3 is 24.3 Å². The summed E-state index contributed by atoms with van der Waals surface area (Å²) >= 11 is 0. The Kier molecular flexibility index (Phi) is 11.2. The normalized spacial score (nSPS) is 17.7. The first-order chi connectivity index (χ1) is 21.1. The molecule has 244 valence electrons. The van der Waals surface area contributed by atoms with Crippen molar-refractivity contribution in [2.75, 3.05) is 49.1 Å². The Morgan fingerprint density at radius 3 is 1.44 bits per heavy atom. The highest BCUT2D eigenvalue weighted by Gasteiger charge is 2.38. The van der Waals surface area contributed by atoms with Crippen LogP contribution >= 0.6 is 0 Å². The third-order valence-corrected chi connectivity index (χ3v) is 6.23. The number of aliphatic carboxylic acids is 1. The molecule has 4 amide bonds. The molecule has 0 radical (unpaired) electrons. The fraction of sp³-hybridized carbons (Fsp3) is 0.346. The summed E-state index contributed by atoms with van der Waals surface area (Å²) in [6.07, 6.45) is -7.78. The van der Waals surface area contributed by atoms with Crippen LogP contribution in [0.5, 0.6) is 0 Å². The number of nitrogens with one attached hydrogen (secondary N) is 2. The molecule has 14 nitrogen and oxygen atoms in total. The maximum atomic E-state index is 15.0. The molecule has 2 aromatic carbocycles. The molecule has 7 N–H and O–H groups in total. The van der Waals surface area contributed by atoms with E-state index < -0.39 is 60.0 Å². The number of halogens is 5. The van der Waals surface area contributed by atoms with Crippen LogP contribution in [0, 0.1) is 11.6 Å². The number of hydrogen-bond acceptors (Lipinski definition) is 9. The van der Waals surface area contributed by atoms with Gasteiger partial charge in [0, 0.05) is 11.1 Å². The van der Waals surface area contributed by atoms with E-state index in [9.17, 15) is 32.3 Å². The van der Waals surface area contributed by atoms with Gasteiger partial charge in [-0.15, -0.1) is 0 Å². The molecule has 4 rings (SSSR count). The van der Waals surface area contributed by atoms with E-state index in [0.717, 1.165) is 12.1 Å². The van der Waals surface area contributed by atoms with Crippen molar-refractivity contribution in [2.24, 2.45) is 11.5 Å². The van der Waals surface area contributed by atoms with Crippen molar-refractivity contribution in [3.8, 4) is 11.1 Å². The molecule has 0 unspecified atom stereocenters. The number of carbonyl (C=O) groups excluding carboxylic acids is 4. The van der Waals surface area contributed by atoms with E-state index >= 15 is 8.78 Å². The van der Waals surface area contributed by atoms with Crippen LogP contribution < -0.4 is 31.9 Å². The van der Waals surface area contributed by atoms with Crippen molar-refractivity contribution in [3.05, 3.63) is 48.0 Å².